The number of piperidine rings is 1. The van der Waals surface area contributed by atoms with Crippen LogP contribution in [-0.4, -0.2) is 73.3 Å². The van der Waals surface area contributed by atoms with Crippen molar-refractivity contribution in [3.05, 3.63) is 34.3 Å². The third-order valence-corrected chi connectivity index (χ3v) is 5.25. The van der Waals surface area contributed by atoms with Crippen LogP contribution in [0.5, 0.6) is 0 Å². The molecule has 8 nitrogen and oxygen atoms in total. The molecule has 1 saturated heterocycles. The highest BCUT2D eigenvalue weighted by Gasteiger charge is 2.29. The van der Waals surface area contributed by atoms with Crippen molar-refractivity contribution in [2.75, 3.05) is 39.8 Å². The summed E-state index contributed by atoms with van der Waals surface area (Å²) in [4.78, 5) is 51.5. The Morgan fingerprint density at radius 2 is 1.93 bits per heavy atom. The minimum atomic E-state index is -0.361. The minimum Gasteiger partial charge on any atom is -0.466 e. The molecule has 2 rings (SSSR count). The third-order valence-electron chi connectivity index (χ3n) is 4.75. The van der Waals surface area contributed by atoms with Gasteiger partial charge >= 0.3 is 5.97 Å². The van der Waals surface area contributed by atoms with Gasteiger partial charge < -0.3 is 19.9 Å². The fraction of sp³-hybridized carbons (Fsp3) is 0.500. The van der Waals surface area contributed by atoms with Crippen LogP contribution in [0, 0.1) is 5.92 Å². The fourth-order valence-corrected chi connectivity index (χ4v) is 3.44. The molecule has 1 heterocycles. The van der Waals surface area contributed by atoms with Crippen molar-refractivity contribution in [2.45, 2.75) is 19.8 Å². The van der Waals surface area contributed by atoms with E-state index in [4.69, 9.17) is 4.74 Å². The Balaban J connectivity index is 1.75. The first kappa shape index (κ1) is 22.9. The maximum Gasteiger partial charge on any atom is 0.309 e. The van der Waals surface area contributed by atoms with Crippen molar-refractivity contribution in [2.24, 2.45) is 5.92 Å². The lowest BCUT2D eigenvalue weighted by molar-refractivity contribution is -0.151. The van der Waals surface area contributed by atoms with E-state index in [1.54, 1.807) is 36.1 Å². The van der Waals surface area contributed by atoms with E-state index in [0.717, 1.165) is 4.47 Å². The maximum absolute atomic E-state index is 12.4. The number of carbonyl (C=O) groups is 4. The summed E-state index contributed by atoms with van der Waals surface area (Å²) in [7, 11) is 1.52. The zero-order chi connectivity index (χ0) is 21.4. The number of rotatable bonds is 7. The van der Waals surface area contributed by atoms with E-state index >= 15 is 0 Å². The van der Waals surface area contributed by atoms with E-state index < -0.39 is 0 Å². The molecule has 0 atom stereocenters. The number of nitrogens with one attached hydrogen (secondary N) is 1. The summed E-state index contributed by atoms with van der Waals surface area (Å²) < 4.78 is 5.79. The highest BCUT2D eigenvalue weighted by molar-refractivity contribution is 9.10. The molecule has 1 aliphatic rings. The van der Waals surface area contributed by atoms with Gasteiger partial charge in [-0.15, -0.1) is 0 Å². The van der Waals surface area contributed by atoms with Gasteiger partial charge in [0.1, 0.15) is 0 Å². The summed E-state index contributed by atoms with van der Waals surface area (Å²) in [5.74, 6) is -1.29. The molecule has 1 aromatic rings. The van der Waals surface area contributed by atoms with Crippen molar-refractivity contribution in [1.82, 2.24) is 15.1 Å². The van der Waals surface area contributed by atoms with E-state index in [1.807, 2.05) is 0 Å². The van der Waals surface area contributed by atoms with Crippen molar-refractivity contribution >= 4 is 39.6 Å². The maximum atomic E-state index is 12.4. The Kier molecular flexibility index (Phi) is 8.63. The summed E-state index contributed by atoms with van der Waals surface area (Å²) >= 11 is 3.29. The number of benzene rings is 1. The van der Waals surface area contributed by atoms with Gasteiger partial charge in [0.05, 0.1) is 25.6 Å². The van der Waals surface area contributed by atoms with Crippen LogP contribution in [0.1, 0.15) is 30.1 Å². The van der Waals surface area contributed by atoms with Gasteiger partial charge in [-0.05, 0) is 38.0 Å². The van der Waals surface area contributed by atoms with Gasteiger partial charge in [-0.25, -0.2) is 0 Å². The smallest absolute Gasteiger partial charge is 0.309 e. The molecule has 9 heteroatoms. The van der Waals surface area contributed by atoms with E-state index in [1.165, 1.54) is 11.9 Å². The number of likely N-dealkylation sites (N-methyl/N-ethyl adjacent to an activating group) is 1. The number of hydrogen-bond donors (Lipinski definition) is 1. The standard InChI is InChI=1S/C20H26BrN3O5/c1-3-29-20(28)14-7-9-24(10-8-14)18(26)13-23(2)17(25)12-22-19(27)15-5-4-6-16(21)11-15/h4-6,11,14H,3,7-10,12-13H2,1-2H3,(H,22,27). The van der Waals surface area contributed by atoms with E-state index in [2.05, 4.69) is 21.2 Å². The first-order valence-electron chi connectivity index (χ1n) is 9.54. The summed E-state index contributed by atoms with van der Waals surface area (Å²) in [5.41, 5.74) is 0.440. The molecule has 1 aliphatic heterocycles. The van der Waals surface area contributed by atoms with Crippen LogP contribution in [0.25, 0.3) is 0 Å². The summed E-state index contributed by atoms with van der Waals surface area (Å²) in [6.45, 7) is 2.78. The second kappa shape index (κ2) is 10.9. The van der Waals surface area contributed by atoms with Crippen molar-refractivity contribution in [3.63, 3.8) is 0 Å². The average Bonchev–Trinajstić information content (AvgIpc) is 2.71. The van der Waals surface area contributed by atoms with Gasteiger partial charge in [0, 0.05) is 30.2 Å². The second-order valence-electron chi connectivity index (χ2n) is 6.85. The van der Waals surface area contributed by atoms with Gasteiger partial charge in [0.25, 0.3) is 5.91 Å². The van der Waals surface area contributed by atoms with Gasteiger partial charge in [-0.2, -0.15) is 0 Å². The number of carbonyl (C=O) groups excluding carboxylic acids is 4. The summed E-state index contributed by atoms with van der Waals surface area (Å²) in [6, 6.07) is 6.85. The van der Waals surface area contributed by atoms with E-state index in [0.29, 0.717) is 38.1 Å². The summed E-state index contributed by atoms with van der Waals surface area (Å²) in [6.07, 6.45) is 1.12. The molecule has 0 bridgehead atoms. The van der Waals surface area contributed by atoms with Crippen molar-refractivity contribution in [1.29, 1.82) is 0 Å². The first-order valence-corrected chi connectivity index (χ1v) is 10.3. The molecule has 1 fully saturated rings. The lowest BCUT2D eigenvalue weighted by atomic mass is 9.97. The molecule has 0 aromatic heterocycles. The van der Waals surface area contributed by atoms with Gasteiger partial charge in [0.2, 0.25) is 11.8 Å². The van der Waals surface area contributed by atoms with Crippen LogP contribution in [0.2, 0.25) is 0 Å². The number of hydrogen-bond acceptors (Lipinski definition) is 5. The largest absolute Gasteiger partial charge is 0.466 e. The van der Waals surface area contributed by atoms with Crippen LogP contribution >= 0.6 is 15.9 Å². The predicted octanol–water partition coefficient (Wildman–Crippen LogP) is 1.44. The molecule has 0 spiro atoms. The third kappa shape index (κ3) is 6.85. The number of amides is 3. The zero-order valence-electron chi connectivity index (χ0n) is 16.7. The Morgan fingerprint density at radius 1 is 1.24 bits per heavy atom. The number of halogens is 1. The highest BCUT2D eigenvalue weighted by atomic mass is 79.9. The molecule has 0 unspecified atom stereocenters. The van der Waals surface area contributed by atoms with Gasteiger partial charge in [-0.3, -0.25) is 19.2 Å². The Hall–Kier alpha value is -2.42. The highest BCUT2D eigenvalue weighted by Crippen LogP contribution is 2.19. The molecule has 1 aromatic carbocycles. The molecule has 29 heavy (non-hydrogen) atoms. The van der Waals surface area contributed by atoms with Crippen LogP contribution in [-0.2, 0) is 19.1 Å². The molecule has 158 valence electrons. The Labute approximate surface area is 178 Å². The topological polar surface area (TPSA) is 96.0 Å². The first-order chi connectivity index (χ1) is 13.8. The van der Waals surface area contributed by atoms with E-state index in [9.17, 15) is 19.2 Å². The number of likely N-dealkylation sites (tertiary alicyclic amines) is 1. The van der Waals surface area contributed by atoms with Crippen molar-refractivity contribution < 1.29 is 23.9 Å². The molecule has 0 radical (unpaired) electrons. The van der Waals surface area contributed by atoms with Crippen LogP contribution in [0.3, 0.4) is 0 Å². The van der Waals surface area contributed by atoms with Gasteiger partial charge in [-0.1, -0.05) is 22.0 Å². The summed E-state index contributed by atoms with van der Waals surface area (Å²) in [5, 5.41) is 2.56. The Morgan fingerprint density at radius 3 is 2.55 bits per heavy atom. The fourth-order valence-electron chi connectivity index (χ4n) is 3.04. The predicted molar refractivity (Wildman–Crippen MR) is 110 cm³/mol. The number of nitrogens with zero attached hydrogens (tertiary/aromatic N) is 2. The van der Waals surface area contributed by atoms with E-state index in [-0.39, 0.29) is 42.7 Å². The van der Waals surface area contributed by atoms with Crippen LogP contribution in [0.15, 0.2) is 28.7 Å². The molecular weight excluding hydrogens is 442 g/mol. The quantitative estimate of drug-likeness (QED) is 0.612. The number of ether oxygens (including phenoxy) is 1. The lowest BCUT2D eigenvalue weighted by Gasteiger charge is -2.32. The lowest BCUT2D eigenvalue weighted by Crippen LogP contribution is -2.47. The molecule has 1 N–H and O–H groups in total. The van der Waals surface area contributed by atoms with Crippen LogP contribution < -0.4 is 5.32 Å². The minimum absolute atomic E-state index is 0.0737. The molecule has 0 aliphatic carbocycles. The SMILES string of the molecule is CCOC(=O)C1CCN(C(=O)CN(C)C(=O)CNC(=O)c2cccc(Br)c2)CC1. The van der Waals surface area contributed by atoms with Crippen molar-refractivity contribution in [3.8, 4) is 0 Å². The second-order valence-corrected chi connectivity index (χ2v) is 7.77. The molecule has 3 amide bonds. The normalized spacial score (nSPS) is 14.2. The monoisotopic (exact) mass is 467 g/mol. The molecule has 0 saturated carbocycles. The van der Waals surface area contributed by atoms with Crippen LogP contribution in [0.4, 0.5) is 0 Å². The Bertz CT molecular complexity index is 762. The molecular formula is C20H26BrN3O5. The number of esters is 1. The average molecular weight is 468 g/mol. The van der Waals surface area contributed by atoms with Gasteiger partial charge in [0.15, 0.2) is 0 Å². The zero-order valence-corrected chi connectivity index (χ0v) is 18.2.